The first kappa shape index (κ1) is 14.3. The zero-order valence-electron chi connectivity index (χ0n) is 11.8. The van der Waals surface area contributed by atoms with Gasteiger partial charge in [0.15, 0.2) is 0 Å². The summed E-state index contributed by atoms with van der Waals surface area (Å²) in [4.78, 5) is 12.0. The van der Waals surface area contributed by atoms with Gasteiger partial charge in [-0.05, 0) is 34.7 Å². The number of aryl methyl sites for hydroxylation is 1. The predicted molar refractivity (Wildman–Crippen MR) is 82.4 cm³/mol. The second-order valence-electron chi connectivity index (χ2n) is 4.64. The topological polar surface area (TPSA) is 61.9 Å². The average Bonchev–Trinajstić information content (AvgIpc) is 2.86. The number of halogens is 1. The summed E-state index contributed by atoms with van der Waals surface area (Å²) in [5.41, 5.74) is 0.889. The minimum Gasteiger partial charge on any atom is -0.489 e. The third-order valence-corrected chi connectivity index (χ3v) is 3.52. The summed E-state index contributed by atoms with van der Waals surface area (Å²) >= 11 is 6.25. The van der Waals surface area contributed by atoms with Crippen molar-refractivity contribution >= 4 is 11.6 Å². The molecule has 0 N–H and O–H groups in total. The van der Waals surface area contributed by atoms with Gasteiger partial charge >= 0.3 is 5.69 Å². The van der Waals surface area contributed by atoms with Gasteiger partial charge in [0, 0.05) is 17.6 Å². The third kappa shape index (κ3) is 2.73. The number of para-hydroxylation sites is 1. The second kappa shape index (κ2) is 6.03. The van der Waals surface area contributed by atoms with E-state index in [2.05, 4.69) is 10.4 Å². The molecule has 0 fully saturated rings. The lowest BCUT2D eigenvalue weighted by molar-refractivity contribution is 0.305. The lowest BCUT2D eigenvalue weighted by Crippen LogP contribution is -2.23. The van der Waals surface area contributed by atoms with Crippen LogP contribution in [-0.4, -0.2) is 19.8 Å². The first-order valence-corrected chi connectivity index (χ1v) is 6.99. The molecule has 0 saturated carbocycles. The van der Waals surface area contributed by atoms with E-state index >= 15 is 0 Å². The van der Waals surface area contributed by atoms with Crippen molar-refractivity contribution in [1.29, 1.82) is 0 Å². The maximum absolute atomic E-state index is 12.0. The van der Waals surface area contributed by atoms with Crippen molar-refractivity contribution in [2.24, 2.45) is 7.05 Å². The van der Waals surface area contributed by atoms with E-state index in [9.17, 15) is 4.79 Å². The molecule has 112 valence electrons. The molecular weight excluding hydrogens is 304 g/mol. The van der Waals surface area contributed by atoms with Crippen LogP contribution in [0.1, 0.15) is 5.56 Å². The minimum absolute atomic E-state index is 0.224. The van der Waals surface area contributed by atoms with Crippen LogP contribution in [-0.2, 0) is 13.7 Å². The van der Waals surface area contributed by atoms with Crippen molar-refractivity contribution in [1.82, 2.24) is 19.8 Å². The van der Waals surface area contributed by atoms with Gasteiger partial charge in [0.25, 0.3) is 0 Å². The molecule has 0 unspecified atom stereocenters. The van der Waals surface area contributed by atoms with E-state index in [1.807, 2.05) is 30.3 Å². The summed E-state index contributed by atoms with van der Waals surface area (Å²) in [5.74, 6) is 0.722. The number of aromatic nitrogens is 4. The lowest BCUT2D eigenvalue weighted by atomic mass is 10.2. The van der Waals surface area contributed by atoms with Crippen LogP contribution in [0.5, 0.6) is 5.75 Å². The number of hydrogen-bond acceptors (Lipinski definition) is 4. The van der Waals surface area contributed by atoms with E-state index in [-0.39, 0.29) is 12.3 Å². The van der Waals surface area contributed by atoms with Gasteiger partial charge in [-0.3, -0.25) is 0 Å². The Labute approximate surface area is 131 Å². The summed E-state index contributed by atoms with van der Waals surface area (Å²) < 4.78 is 8.09. The molecule has 0 aliphatic heterocycles. The number of tetrazole rings is 1. The van der Waals surface area contributed by atoms with Crippen LogP contribution in [0.2, 0.25) is 5.02 Å². The van der Waals surface area contributed by atoms with Gasteiger partial charge in [-0.1, -0.05) is 35.9 Å². The number of nitrogens with zero attached hydrogens (tertiary/aromatic N) is 4. The van der Waals surface area contributed by atoms with Crippen LogP contribution in [0, 0.1) is 0 Å². The Morgan fingerprint density at radius 1 is 1.09 bits per heavy atom. The van der Waals surface area contributed by atoms with Crippen molar-refractivity contribution in [3.8, 4) is 11.4 Å². The Kier molecular flexibility index (Phi) is 3.93. The van der Waals surface area contributed by atoms with E-state index in [1.165, 1.54) is 11.7 Å². The third-order valence-electron chi connectivity index (χ3n) is 3.17. The molecule has 6 nitrogen and oxygen atoms in total. The molecule has 0 radical (unpaired) electrons. The molecule has 22 heavy (non-hydrogen) atoms. The quantitative estimate of drug-likeness (QED) is 0.740. The highest BCUT2D eigenvalue weighted by molar-refractivity contribution is 6.31. The lowest BCUT2D eigenvalue weighted by Gasteiger charge is -2.11. The van der Waals surface area contributed by atoms with Gasteiger partial charge in [0.1, 0.15) is 12.4 Å². The molecule has 1 heterocycles. The van der Waals surface area contributed by atoms with Crippen molar-refractivity contribution in [3.63, 3.8) is 0 Å². The summed E-state index contributed by atoms with van der Waals surface area (Å²) in [6, 6.07) is 14.6. The molecular formula is C15H13ClN4O2. The van der Waals surface area contributed by atoms with Gasteiger partial charge in [-0.25, -0.2) is 4.79 Å². The van der Waals surface area contributed by atoms with Gasteiger partial charge in [-0.15, -0.1) is 0 Å². The molecule has 7 heteroatoms. The van der Waals surface area contributed by atoms with Crippen LogP contribution >= 0.6 is 11.6 Å². The normalized spacial score (nSPS) is 10.6. The molecule has 0 amide bonds. The highest BCUT2D eigenvalue weighted by Crippen LogP contribution is 2.24. The monoisotopic (exact) mass is 316 g/mol. The molecule has 1 aromatic heterocycles. The molecule has 2 aromatic carbocycles. The summed E-state index contributed by atoms with van der Waals surface area (Å²) in [7, 11) is 1.54. The van der Waals surface area contributed by atoms with E-state index in [0.29, 0.717) is 16.3 Å². The molecule has 0 spiro atoms. The standard InChI is InChI=1S/C15H13ClN4O2/c1-19-15(21)20(18-17-19)14-9-5-8-13(16)12(14)10-22-11-6-3-2-4-7-11/h2-9H,10H2,1H3. The average molecular weight is 317 g/mol. The molecule has 0 aliphatic rings. The highest BCUT2D eigenvalue weighted by Gasteiger charge is 2.14. The van der Waals surface area contributed by atoms with Crippen LogP contribution in [0.3, 0.4) is 0 Å². The second-order valence-corrected chi connectivity index (χ2v) is 5.04. The van der Waals surface area contributed by atoms with E-state index in [0.717, 1.165) is 10.4 Å². The Morgan fingerprint density at radius 3 is 2.55 bits per heavy atom. The first-order valence-electron chi connectivity index (χ1n) is 6.61. The van der Waals surface area contributed by atoms with Crippen molar-refractivity contribution < 1.29 is 4.74 Å². The maximum atomic E-state index is 12.0. The maximum Gasteiger partial charge on any atom is 0.368 e. The predicted octanol–water partition coefficient (Wildman–Crippen LogP) is 2.20. The SMILES string of the molecule is Cn1nnn(-c2cccc(Cl)c2COc2ccccc2)c1=O. The largest absolute Gasteiger partial charge is 0.489 e. The van der Waals surface area contributed by atoms with Crippen LogP contribution in [0.4, 0.5) is 0 Å². The Balaban J connectivity index is 1.97. The van der Waals surface area contributed by atoms with Gasteiger partial charge in [0.05, 0.1) is 5.69 Å². The summed E-state index contributed by atoms with van der Waals surface area (Å²) in [6.45, 7) is 0.224. The zero-order chi connectivity index (χ0) is 15.5. The molecule has 0 bridgehead atoms. The molecule has 0 atom stereocenters. The van der Waals surface area contributed by atoms with Crippen molar-refractivity contribution in [3.05, 3.63) is 69.6 Å². The molecule has 0 aliphatic carbocycles. The van der Waals surface area contributed by atoms with Crippen LogP contribution in [0.25, 0.3) is 5.69 Å². The minimum atomic E-state index is -0.344. The number of ether oxygens (including phenoxy) is 1. The zero-order valence-corrected chi connectivity index (χ0v) is 12.6. The highest BCUT2D eigenvalue weighted by atomic mass is 35.5. The smallest absolute Gasteiger partial charge is 0.368 e. The van der Waals surface area contributed by atoms with E-state index in [1.54, 1.807) is 18.2 Å². The summed E-state index contributed by atoms with van der Waals surface area (Å²) in [5, 5.41) is 8.07. The fourth-order valence-corrected chi connectivity index (χ4v) is 2.25. The molecule has 3 aromatic rings. The van der Waals surface area contributed by atoms with E-state index < -0.39 is 0 Å². The van der Waals surface area contributed by atoms with Crippen LogP contribution < -0.4 is 10.4 Å². The Bertz CT molecular complexity index is 842. The first-order chi connectivity index (χ1) is 10.7. The van der Waals surface area contributed by atoms with Gasteiger partial charge in [-0.2, -0.15) is 9.36 Å². The Morgan fingerprint density at radius 2 is 1.86 bits per heavy atom. The number of benzene rings is 2. The van der Waals surface area contributed by atoms with Crippen LogP contribution in [0.15, 0.2) is 53.3 Å². The van der Waals surface area contributed by atoms with Gasteiger partial charge < -0.3 is 4.74 Å². The van der Waals surface area contributed by atoms with Gasteiger partial charge in [0.2, 0.25) is 0 Å². The number of rotatable bonds is 4. The fourth-order valence-electron chi connectivity index (χ4n) is 2.03. The number of hydrogen-bond donors (Lipinski definition) is 0. The van der Waals surface area contributed by atoms with Crippen molar-refractivity contribution in [2.75, 3.05) is 0 Å². The Hall–Kier alpha value is -2.60. The van der Waals surface area contributed by atoms with Crippen molar-refractivity contribution in [2.45, 2.75) is 6.61 Å². The molecule has 0 saturated heterocycles. The summed E-state index contributed by atoms with van der Waals surface area (Å²) in [6.07, 6.45) is 0. The fraction of sp³-hybridized carbons (Fsp3) is 0.133. The molecule has 3 rings (SSSR count). The van der Waals surface area contributed by atoms with E-state index in [4.69, 9.17) is 16.3 Å².